The van der Waals surface area contributed by atoms with Crippen LogP contribution in [0.5, 0.6) is 17.2 Å². The zero-order chi connectivity index (χ0) is 22.4. The van der Waals surface area contributed by atoms with Gasteiger partial charge in [0.15, 0.2) is 5.75 Å². The van der Waals surface area contributed by atoms with Crippen LogP contribution < -0.4 is 15.0 Å². The van der Waals surface area contributed by atoms with Gasteiger partial charge in [0.2, 0.25) is 5.82 Å². The first kappa shape index (κ1) is 21.9. The largest absolute Gasteiger partial charge is 0.488 e. The number of aromatic amines is 1. The molecule has 2 aromatic heterocycles. The maximum Gasteiger partial charge on any atom is 0.291 e. The molecule has 10 heteroatoms. The summed E-state index contributed by atoms with van der Waals surface area (Å²) in [6.45, 7) is 2.27. The molecule has 1 aromatic carbocycles. The molecule has 1 N–H and O–H groups in total. The summed E-state index contributed by atoms with van der Waals surface area (Å²) in [4.78, 5) is 40.0. The van der Waals surface area contributed by atoms with Crippen LogP contribution in [-0.4, -0.2) is 64.7 Å². The molecule has 3 aromatic rings. The van der Waals surface area contributed by atoms with Crippen LogP contribution in [0.3, 0.4) is 0 Å². The number of carbonyl (C=O) groups is 1. The van der Waals surface area contributed by atoms with E-state index in [4.69, 9.17) is 14.2 Å². The fourth-order valence-electron chi connectivity index (χ4n) is 2.67. The van der Waals surface area contributed by atoms with E-state index in [1.807, 2.05) is 6.92 Å². The summed E-state index contributed by atoms with van der Waals surface area (Å²) in [5.74, 6) is 1.37. The third-order valence-corrected chi connectivity index (χ3v) is 4.02. The molecule has 0 aliphatic heterocycles. The average Bonchev–Trinajstić information content (AvgIpc) is 2.73. The highest BCUT2D eigenvalue weighted by Crippen LogP contribution is 2.31. The van der Waals surface area contributed by atoms with Crippen LogP contribution in [0.25, 0.3) is 11.4 Å². The van der Waals surface area contributed by atoms with Crippen LogP contribution in [0.4, 0.5) is 0 Å². The number of hydrogen-bond acceptors (Lipinski definition) is 8. The predicted molar refractivity (Wildman–Crippen MR) is 112 cm³/mol. The minimum absolute atomic E-state index is 0.0644. The summed E-state index contributed by atoms with van der Waals surface area (Å²) in [5, 5.41) is 0. The van der Waals surface area contributed by atoms with Crippen LogP contribution in [-0.2, 0) is 4.74 Å². The number of rotatable bonds is 8. The second kappa shape index (κ2) is 9.81. The zero-order valence-corrected chi connectivity index (χ0v) is 17.7. The highest BCUT2D eigenvalue weighted by Gasteiger charge is 2.13. The molecule has 0 radical (unpaired) electrons. The summed E-state index contributed by atoms with van der Waals surface area (Å²) >= 11 is 0. The molecule has 0 fully saturated rings. The molecular weight excluding hydrogens is 402 g/mol. The third-order valence-electron chi connectivity index (χ3n) is 4.02. The van der Waals surface area contributed by atoms with Gasteiger partial charge in [0.05, 0.1) is 19.0 Å². The van der Waals surface area contributed by atoms with Crippen molar-refractivity contribution in [3.8, 4) is 28.6 Å². The molecule has 1 amide bonds. The van der Waals surface area contributed by atoms with E-state index in [9.17, 15) is 9.59 Å². The van der Waals surface area contributed by atoms with E-state index in [1.165, 1.54) is 29.6 Å². The van der Waals surface area contributed by atoms with Gasteiger partial charge in [-0.2, -0.15) is 0 Å². The summed E-state index contributed by atoms with van der Waals surface area (Å²) in [6, 6.07) is 6.46. The summed E-state index contributed by atoms with van der Waals surface area (Å²) in [7, 11) is 4.83. The molecule has 0 bridgehead atoms. The number of methoxy groups -OCH3 is 1. The number of H-pyrrole nitrogens is 1. The molecule has 2 heterocycles. The van der Waals surface area contributed by atoms with Gasteiger partial charge >= 0.3 is 0 Å². The monoisotopic (exact) mass is 425 g/mol. The van der Waals surface area contributed by atoms with Crippen LogP contribution in [0.1, 0.15) is 17.5 Å². The number of amides is 1. The summed E-state index contributed by atoms with van der Waals surface area (Å²) in [5.41, 5.74) is 0.316. The van der Waals surface area contributed by atoms with Crippen LogP contribution >= 0.6 is 0 Å². The molecule has 31 heavy (non-hydrogen) atoms. The molecular formula is C21H23N5O5. The van der Waals surface area contributed by atoms with Crippen molar-refractivity contribution in [2.75, 3.05) is 27.8 Å². The molecule has 0 saturated carbocycles. The van der Waals surface area contributed by atoms with Gasteiger partial charge in [0, 0.05) is 45.1 Å². The first-order valence-corrected chi connectivity index (χ1v) is 9.43. The lowest BCUT2D eigenvalue weighted by Crippen LogP contribution is -2.23. The fourth-order valence-corrected chi connectivity index (χ4v) is 2.67. The van der Waals surface area contributed by atoms with Crippen LogP contribution in [0.2, 0.25) is 0 Å². The minimum Gasteiger partial charge on any atom is -0.488 e. The van der Waals surface area contributed by atoms with Crippen LogP contribution in [0.15, 0.2) is 47.7 Å². The number of hydrogen-bond donors (Lipinski definition) is 1. The van der Waals surface area contributed by atoms with E-state index in [2.05, 4.69) is 19.9 Å². The Balaban J connectivity index is 1.92. The van der Waals surface area contributed by atoms with Gasteiger partial charge in [-0.1, -0.05) is 0 Å². The highest BCUT2D eigenvalue weighted by atomic mass is 16.5. The number of benzene rings is 1. The summed E-state index contributed by atoms with van der Waals surface area (Å²) < 4.78 is 16.9. The topological polar surface area (TPSA) is 120 Å². The SMILES string of the molecule is COCC(C)Oc1cc(Oc2cnc(C(=O)N(C)C)nc2)cc(-c2nccc(=O)[nH]2)c1. The number of nitrogens with zero attached hydrogens (tertiary/aromatic N) is 4. The Morgan fingerprint density at radius 3 is 2.45 bits per heavy atom. The molecule has 0 spiro atoms. The number of nitrogens with one attached hydrogen (secondary N) is 1. The third kappa shape index (κ3) is 5.86. The normalized spacial score (nSPS) is 11.6. The van der Waals surface area contributed by atoms with Gasteiger partial charge < -0.3 is 24.1 Å². The number of carbonyl (C=O) groups excluding carboxylic acids is 1. The van der Waals surface area contributed by atoms with Gasteiger partial charge in [-0.3, -0.25) is 9.59 Å². The van der Waals surface area contributed by atoms with E-state index in [0.29, 0.717) is 35.2 Å². The van der Waals surface area contributed by atoms with Crippen molar-refractivity contribution in [2.24, 2.45) is 0 Å². The molecule has 162 valence electrons. The van der Waals surface area contributed by atoms with Gasteiger partial charge in [-0.15, -0.1) is 0 Å². The zero-order valence-electron chi connectivity index (χ0n) is 17.7. The molecule has 1 atom stereocenters. The lowest BCUT2D eigenvalue weighted by molar-refractivity contribution is 0.0815. The van der Waals surface area contributed by atoms with Gasteiger partial charge in [-0.05, 0) is 19.1 Å². The van der Waals surface area contributed by atoms with E-state index in [-0.39, 0.29) is 23.4 Å². The molecule has 1 unspecified atom stereocenters. The Bertz CT molecular complexity index is 1100. The smallest absolute Gasteiger partial charge is 0.291 e. The summed E-state index contributed by atoms with van der Waals surface area (Å²) in [6.07, 6.45) is 4.03. The quantitative estimate of drug-likeness (QED) is 0.583. The number of aromatic nitrogens is 4. The van der Waals surface area contributed by atoms with Crippen molar-refractivity contribution >= 4 is 5.91 Å². The van der Waals surface area contributed by atoms with Crippen LogP contribution in [0, 0.1) is 0 Å². The Hall–Kier alpha value is -3.79. The van der Waals surface area contributed by atoms with E-state index >= 15 is 0 Å². The standard InChI is InChI=1S/C21H23N5O5/c1-13(12-29-4)30-15-7-14(19-22-6-5-18(27)25-19)8-16(9-15)31-17-10-23-20(24-11-17)21(28)26(2)3/h5-11,13H,12H2,1-4H3,(H,22,25,27). The van der Waals surface area contributed by atoms with Crippen molar-refractivity contribution in [1.82, 2.24) is 24.8 Å². The maximum atomic E-state index is 11.9. The Labute approximate surface area is 178 Å². The van der Waals surface area contributed by atoms with E-state index < -0.39 is 0 Å². The van der Waals surface area contributed by atoms with Crippen molar-refractivity contribution in [3.05, 3.63) is 59.0 Å². The molecule has 0 aliphatic rings. The number of ether oxygens (including phenoxy) is 3. The minimum atomic E-state index is -0.310. The lowest BCUT2D eigenvalue weighted by atomic mass is 10.2. The Morgan fingerprint density at radius 2 is 1.81 bits per heavy atom. The maximum absolute atomic E-state index is 11.9. The van der Waals surface area contributed by atoms with Gasteiger partial charge in [0.25, 0.3) is 11.5 Å². The molecule has 10 nitrogen and oxygen atoms in total. The second-order valence-electron chi connectivity index (χ2n) is 6.90. The van der Waals surface area contributed by atoms with Crippen molar-refractivity contribution in [2.45, 2.75) is 13.0 Å². The van der Waals surface area contributed by atoms with E-state index in [0.717, 1.165) is 0 Å². The van der Waals surface area contributed by atoms with Gasteiger partial charge in [-0.25, -0.2) is 15.0 Å². The first-order valence-electron chi connectivity index (χ1n) is 9.43. The fraction of sp³-hybridized carbons (Fsp3) is 0.286. The Kier molecular flexibility index (Phi) is 6.93. The Morgan fingerprint density at radius 1 is 1.10 bits per heavy atom. The van der Waals surface area contributed by atoms with Crippen molar-refractivity contribution in [1.29, 1.82) is 0 Å². The second-order valence-corrected chi connectivity index (χ2v) is 6.90. The average molecular weight is 425 g/mol. The molecule has 0 aliphatic carbocycles. The lowest BCUT2D eigenvalue weighted by Gasteiger charge is -2.16. The molecule has 0 saturated heterocycles. The van der Waals surface area contributed by atoms with Crippen molar-refractivity contribution < 1.29 is 19.0 Å². The van der Waals surface area contributed by atoms with Crippen molar-refractivity contribution in [3.63, 3.8) is 0 Å². The predicted octanol–water partition coefficient (Wildman–Crippen LogP) is 2.13. The van der Waals surface area contributed by atoms with Gasteiger partial charge in [0.1, 0.15) is 23.4 Å². The molecule has 3 rings (SSSR count). The highest BCUT2D eigenvalue weighted by molar-refractivity contribution is 5.89. The van der Waals surface area contributed by atoms with E-state index in [1.54, 1.807) is 39.4 Å². The first-order chi connectivity index (χ1) is 14.9.